The van der Waals surface area contributed by atoms with E-state index < -0.39 is 21.2 Å². The number of sulfone groups is 1. The van der Waals surface area contributed by atoms with Crippen molar-refractivity contribution in [2.75, 3.05) is 66.7 Å². The lowest BCUT2D eigenvalue weighted by Crippen LogP contribution is -2.43. The van der Waals surface area contributed by atoms with Gasteiger partial charge in [-0.05, 0) is 44.7 Å². The molecule has 0 aliphatic rings. The van der Waals surface area contributed by atoms with E-state index in [1.165, 1.54) is 21.3 Å². The predicted molar refractivity (Wildman–Crippen MR) is 146 cm³/mol. The molecule has 1 rings (SSSR count). The number of carbonyl (C=O) groups excluding carboxylic acids is 3. The van der Waals surface area contributed by atoms with Crippen LogP contribution in [0.5, 0.6) is 0 Å². The van der Waals surface area contributed by atoms with Crippen molar-refractivity contribution in [3.8, 4) is 0 Å². The van der Waals surface area contributed by atoms with Gasteiger partial charge in [0.25, 0.3) is 0 Å². The van der Waals surface area contributed by atoms with Crippen LogP contribution in [0.2, 0.25) is 0 Å². The lowest BCUT2D eigenvalue weighted by molar-refractivity contribution is -0.142. The van der Waals surface area contributed by atoms with Gasteiger partial charge in [-0.25, -0.2) is 8.42 Å². The predicted octanol–water partition coefficient (Wildman–Crippen LogP) is 3.05. The van der Waals surface area contributed by atoms with Gasteiger partial charge >= 0.3 is 17.9 Å². The minimum absolute atomic E-state index is 0.0106. The second-order valence-corrected chi connectivity index (χ2v) is 11.6. The highest BCUT2D eigenvalue weighted by Gasteiger charge is 2.38. The molecule has 0 spiro atoms. The summed E-state index contributed by atoms with van der Waals surface area (Å²) in [5.74, 6) is -1.37. The molecular weight excluding hydrogens is 544 g/mol. The van der Waals surface area contributed by atoms with Gasteiger partial charge in [0.1, 0.15) is 0 Å². The first kappa shape index (κ1) is 35.5. The summed E-state index contributed by atoms with van der Waals surface area (Å²) in [6.45, 7) is 2.48. The zero-order valence-corrected chi connectivity index (χ0v) is 24.9. The van der Waals surface area contributed by atoms with Crippen molar-refractivity contribution in [1.82, 2.24) is 0 Å². The van der Waals surface area contributed by atoms with Gasteiger partial charge in [-0.15, -0.1) is 0 Å². The Bertz CT molecular complexity index is 962. The van der Waals surface area contributed by atoms with E-state index in [9.17, 15) is 22.8 Å². The number of hydrogen-bond acceptors (Lipinski definition) is 11. The monoisotopic (exact) mass is 588 g/mol. The number of methoxy groups -OCH3 is 3. The van der Waals surface area contributed by atoms with Crippen molar-refractivity contribution in [1.29, 1.82) is 0 Å². The second-order valence-electron chi connectivity index (χ2n) is 9.62. The molecule has 228 valence electrons. The van der Waals surface area contributed by atoms with E-state index in [2.05, 4.69) is 14.2 Å². The van der Waals surface area contributed by atoms with Crippen LogP contribution in [0.1, 0.15) is 50.5 Å². The number of aryl methyl sites for hydroxylation is 1. The number of esters is 3. The molecule has 0 saturated heterocycles. The Labute approximate surface area is 237 Å². The Morgan fingerprint density at radius 2 is 1.07 bits per heavy atom. The molecule has 12 heteroatoms. The summed E-state index contributed by atoms with van der Waals surface area (Å²) in [5, 5.41) is 0. The third-order valence-electron chi connectivity index (χ3n) is 6.07. The summed E-state index contributed by atoms with van der Waals surface area (Å²) in [6, 6.07) is 6.60. The molecule has 0 heterocycles. The van der Waals surface area contributed by atoms with Gasteiger partial charge in [-0.2, -0.15) is 0 Å². The first-order valence-electron chi connectivity index (χ1n) is 13.3. The van der Waals surface area contributed by atoms with Crippen molar-refractivity contribution in [2.24, 2.45) is 5.41 Å². The molecule has 0 amide bonds. The minimum Gasteiger partial charge on any atom is -0.469 e. The molecule has 0 radical (unpaired) electrons. The molecule has 0 saturated carbocycles. The molecule has 0 aliphatic carbocycles. The van der Waals surface area contributed by atoms with Gasteiger partial charge in [0.2, 0.25) is 0 Å². The standard InChI is InChI=1S/C28H44O11S/c1-23-11-13-24(14-12-23)40(32,33)22-28(21-39-18-15-27(31)36-4,19-37-16-7-5-9-25(29)34-2)20-38-17-8-6-10-26(30)35-3/h11-14H,5-10,15-22H2,1-4H3. The highest BCUT2D eigenvalue weighted by atomic mass is 32.2. The largest absolute Gasteiger partial charge is 0.469 e. The van der Waals surface area contributed by atoms with E-state index in [0.29, 0.717) is 38.9 Å². The number of rotatable bonds is 22. The molecule has 40 heavy (non-hydrogen) atoms. The molecule has 1 aromatic carbocycles. The van der Waals surface area contributed by atoms with Crippen LogP contribution in [0.25, 0.3) is 0 Å². The zero-order chi connectivity index (χ0) is 29.9. The topological polar surface area (TPSA) is 141 Å². The van der Waals surface area contributed by atoms with Crippen LogP contribution in [0.3, 0.4) is 0 Å². The Balaban J connectivity index is 3.01. The SMILES string of the molecule is COC(=O)CCCCOCC(COCCCCC(=O)OC)(COCCC(=O)OC)CS(=O)(=O)c1ccc(C)cc1. The fourth-order valence-corrected chi connectivity index (χ4v) is 5.53. The van der Waals surface area contributed by atoms with Gasteiger partial charge in [0.15, 0.2) is 9.84 Å². The first-order chi connectivity index (χ1) is 19.1. The molecule has 0 N–H and O–H groups in total. The van der Waals surface area contributed by atoms with Gasteiger partial charge in [0.05, 0.1) is 70.2 Å². The maximum absolute atomic E-state index is 13.5. The minimum atomic E-state index is -3.77. The van der Waals surface area contributed by atoms with Crippen molar-refractivity contribution in [2.45, 2.75) is 56.8 Å². The van der Waals surface area contributed by atoms with Crippen LogP contribution in [0.4, 0.5) is 0 Å². The van der Waals surface area contributed by atoms with E-state index in [4.69, 9.17) is 14.2 Å². The summed E-state index contributed by atoms with van der Waals surface area (Å²) in [4.78, 5) is 34.4. The average Bonchev–Trinajstić information content (AvgIpc) is 2.94. The molecule has 1 aromatic rings. The first-order valence-corrected chi connectivity index (χ1v) is 15.0. The van der Waals surface area contributed by atoms with Crippen molar-refractivity contribution in [3.63, 3.8) is 0 Å². The van der Waals surface area contributed by atoms with Crippen LogP contribution in [0.15, 0.2) is 29.2 Å². The quantitative estimate of drug-likeness (QED) is 0.112. The average molecular weight is 589 g/mol. The number of hydrogen-bond donors (Lipinski definition) is 0. The van der Waals surface area contributed by atoms with Crippen molar-refractivity contribution < 1.29 is 51.2 Å². The van der Waals surface area contributed by atoms with E-state index in [-0.39, 0.29) is 68.3 Å². The Hall–Kier alpha value is -2.54. The Morgan fingerprint density at radius 1 is 0.650 bits per heavy atom. The summed E-state index contributed by atoms with van der Waals surface area (Å²) in [7, 11) is 0.171. The molecule has 0 unspecified atom stereocenters. The summed E-state index contributed by atoms with van der Waals surface area (Å²) in [6.07, 6.45) is 2.82. The van der Waals surface area contributed by atoms with Gasteiger partial charge in [-0.3, -0.25) is 14.4 Å². The van der Waals surface area contributed by atoms with E-state index >= 15 is 0 Å². The fourth-order valence-electron chi connectivity index (χ4n) is 3.76. The second kappa shape index (κ2) is 19.5. The van der Waals surface area contributed by atoms with Crippen LogP contribution < -0.4 is 0 Å². The van der Waals surface area contributed by atoms with Crippen LogP contribution in [0, 0.1) is 12.3 Å². The maximum Gasteiger partial charge on any atom is 0.307 e. The van der Waals surface area contributed by atoms with E-state index in [1.54, 1.807) is 24.3 Å². The van der Waals surface area contributed by atoms with E-state index in [1.807, 2.05) is 6.92 Å². The highest BCUT2D eigenvalue weighted by Crippen LogP contribution is 2.27. The third-order valence-corrected chi connectivity index (χ3v) is 8.06. The van der Waals surface area contributed by atoms with Gasteiger partial charge in [0, 0.05) is 26.1 Å². The number of ether oxygens (including phenoxy) is 6. The maximum atomic E-state index is 13.5. The summed E-state index contributed by atoms with van der Waals surface area (Å²) in [5.41, 5.74) is -0.160. The fraction of sp³-hybridized carbons (Fsp3) is 0.679. The van der Waals surface area contributed by atoms with E-state index in [0.717, 1.165) is 5.56 Å². The smallest absolute Gasteiger partial charge is 0.307 e. The summed E-state index contributed by atoms with van der Waals surface area (Å²) < 4.78 is 58.5. The molecule has 0 fully saturated rings. The molecule has 11 nitrogen and oxygen atoms in total. The zero-order valence-electron chi connectivity index (χ0n) is 24.1. The molecule has 0 aliphatic heterocycles. The lowest BCUT2D eigenvalue weighted by atomic mass is 9.93. The van der Waals surface area contributed by atoms with Crippen LogP contribution in [-0.2, 0) is 52.6 Å². The van der Waals surface area contributed by atoms with Crippen molar-refractivity contribution >= 4 is 27.7 Å². The molecule has 0 bridgehead atoms. The van der Waals surface area contributed by atoms with Gasteiger partial charge < -0.3 is 28.4 Å². The molecule has 0 aromatic heterocycles. The van der Waals surface area contributed by atoms with Crippen LogP contribution in [-0.4, -0.2) is 93.0 Å². The number of benzene rings is 1. The lowest BCUT2D eigenvalue weighted by Gasteiger charge is -2.33. The molecule has 0 atom stereocenters. The number of unbranched alkanes of at least 4 members (excludes halogenated alkanes) is 2. The Morgan fingerprint density at radius 3 is 1.52 bits per heavy atom. The summed E-state index contributed by atoms with van der Waals surface area (Å²) >= 11 is 0. The Kier molecular flexibility index (Phi) is 17.3. The highest BCUT2D eigenvalue weighted by molar-refractivity contribution is 7.91. The van der Waals surface area contributed by atoms with Gasteiger partial charge in [-0.1, -0.05) is 17.7 Å². The molecular formula is C28H44O11S. The third kappa shape index (κ3) is 14.7. The van der Waals surface area contributed by atoms with Crippen molar-refractivity contribution in [3.05, 3.63) is 29.8 Å². The van der Waals surface area contributed by atoms with Crippen LogP contribution >= 0.6 is 0 Å². The normalized spacial score (nSPS) is 11.7. The number of carbonyl (C=O) groups is 3.